The molecule has 0 atom stereocenters. The fourth-order valence-electron chi connectivity index (χ4n) is 2.83. The number of imidazole rings is 1. The van der Waals surface area contributed by atoms with Crippen LogP contribution in [0.3, 0.4) is 0 Å². The number of aromatic nitrogens is 2. The van der Waals surface area contributed by atoms with Crippen molar-refractivity contribution >= 4 is 40.2 Å². The highest BCUT2D eigenvalue weighted by atomic mass is 35.5. The number of hydrogen-bond acceptors (Lipinski definition) is 2. The second-order valence-corrected chi connectivity index (χ2v) is 6.38. The van der Waals surface area contributed by atoms with Crippen molar-refractivity contribution in [1.82, 2.24) is 9.55 Å². The van der Waals surface area contributed by atoms with Crippen molar-refractivity contribution in [2.24, 2.45) is 5.41 Å². The van der Waals surface area contributed by atoms with Gasteiger partial charge in [-0.05, 0) is 36.8 Å². The lowest BCUT2D eigenvalue weighted by Crippen LogP contribution is -2.13. The summed E-state index contributed by atoms with van der Waals surface area (Å²) in [5.74, 6) is 0.552. The quantitative estimate of drug-likeness (QED) is 0.902. The molecule has 0 unspecified atom stereocenters. The highest BCUT2D eigenvalue weighted by Gasteiger charge is 2.42. The van der Waals surface area contributed by atoms with Crippen LogP contribution in [0.5, 0.6) is 0 Å². The van der Waals surface area contributed by atoms with Gasteiger partial charge in [-0.1, -0.05) is 36.5 Å². The molecule has 2 aromatic rings. The summed E-state index contributed by atoms with van der Waals surface area (Å²) in [6.07, 6.45) is 5.01. The zero-order chi connectivity index (χ0) is 13.6. The van der Waals surface area contributed by atoms with Crippen LogP contribution in [0.2, 0.25) is 10.0 Å². The van der Waals surface area contributed by atoms with Crippen molar-refractivity contribution in [3.63, 3.8) is 0 Å². The zero-order valence-electron chi connectivity index (χ0n) is 10.9. The molecule has 3 nitrogen and oxygen atoms in total. The SMILES string of the molecule is CCCC1(Cn2c(N)nc3cc(Cl)c(Cl)cc32)CC1. The van der Waals surface area contributed by atoms with Crippen LogP contribution in [0.15, 0.2) is 12.1 Å². The van der Waals surface area contributed by atoms with Gasteiger partial charge in [0.2, 0.25) is 5.95 Å². The number of halogens is 2. The average Bonchev–Trinajstić information content (AvgIpc) is 3.05. The second kappa shape index (κ2) is 4.57. The van der Waals surface area contributed by atoms with Crippen molar-refractivity contribution in [3.05, 3.63) is 22.2 Å². The summed E-state index contributed by atoms with van der Waals surface area (Å²) >= 11 is 12.1. The van der Waals surface area contributed by atoms with Crippen LogP contribution < -0.4 is 5.73 Å². The summed E-state index contributed by atoms with van der Waals surface area (Å²) in [7, 11) is 0. The third-order valence-electron chi connectivity index (χ3n) is 4.05. The molecule has 1 aliphatic rings. The van der Waals surface area contributed by atoms with Crippen molar-refractivity contribution in [1.29, 1.82) is 0 Å². The van der Waals surface area contributed by atoms with Crippen molar-refractivity contribution < 1.29 is 0 Å². The third kappa shape index (κ3) is 2.30. The number of rotatable bonds is 4. The number of hydrogen-bond donors (Lipinski definition) is 1. The Kier molecular flexibility index (Phi) is 3.14. The number of nitrogens with zero attached hydrogens (tertiary/aromatic N) is 2. The van der Waals surface area contributed by atoms with E-state index in [2.05, 4.69) is 16.5 Å². The van der Waals surface area contributed by atoms with E-state index in [1.807, 2.05) is 6.07 Å². The first kappa shape index (κ1) is 13.1. The van der Waals surface area contributed by atoms with E-state index in [-0.39, 0.29) is 0 Å². The molecule has 1 saturated carbocycles. The lowest BCUT2D eigenvalue weighted by Gasteiger charge is -2.16. The molecule has 3 rings (SSSR count). The fraction of sp³-hybridized carbons (Fsp3) is 0.500. The summed E-state index contributed by atoms with van der Waals surface area (Å²) in [5, 5.41) is 1.07. The van der Waals surface area contributed by atoms with Gasteiger partial charge in [0.1, 0.15) is 0 Å². The molecule has 1 aromatic carbocycles. The van der Waals surface area contributed by atoms with Gasteiger partial charge < -0.3 is 10.3 Å². The second-order valence-electron chi connectivity index (χ2n) is 5.56. The predicted molar refractivity (Wildman–Crippen MR) is 80.7 cm³/mol. The van der Waals surface area contributed by atoms with Crippen LogP contribution in [0.1, 0.15) is 32.6 Å². The summed E-state index contributed by atoms with van der Waals surface area (Å²) in [5.41, 5.74) is 8.27. The lowest BCUT2D eigenvalue weighted by atomic mass is 10.0. The van der Waals surface area contributed by atoms with Gasteiger partial charge in [0.25, 0.3) is 0 Å². The van der Waals surface area contributed by atoms with Crippen LogP contribution >= 0.6 is 23.2 Å². The molecule has 0 amide bonds. The average molecular weight is 298 g/mol. The van der Waals surface area contributed by atoms with Crippen LogP contribution in [-0.2, 0) is 6.54 Å². The molecule has 2 N–H and O–H groups in total. The van der Waals surface area contributed by atoms with E-state index in [1.165, 1.54) is 25.7 Å². The molecule has 5 heteroatoms. The Hall–Kier alpha value is -0.930. The molecule has 1 aliphatic carbocycles. The molecule has 0 bridgehead atoms. The lowest BCUT2D eigenvalue weighted by molar-refractivity contribution is 0.396. The molecule has 1 aromatic heterocycles. The predicted octanol–water partition coefficient (Wildman–Crippen LogP) is 4.51. The summed E-state index contributed by atoms with van der Waals surface area (Å²) in [6, 6.07) is 3.65. The molecule has 0 aliphatic heterocycles. The topological polar surface area (TPSA) is 43.8 Å². The van der Waals surface area contributed by atoms with Gasteiger partial charge in [-0.15, -0.1) is 0 Å². The number of benzene rings is 1. The van der Waals surface area contributed by atoms with E-state index in [0.29, 0.717) is 21.4 Å². The van der Waals surface area contributed by atoms with E-state index in [9.17, 15) is 0 Å². The van der Waals surface area contributed by atoms with E-state index >= 15 is 0 Å². The van der Waals surface area contributed by atoms with Crippen molar-refractivity contribution in [3.8, 4) is 0 Å². The number of fused-ring (bicyclic) bond motifs is 1. The van der Waals surface area contributed by atoms with Crippen LogP contribution in [0.25, 0.3) is 11.0 Å². The van der Waals surface area contributed by atoms with Gasteiger partial charge >= 0.3 is 0 Å². The van der Waals surface area contributed by atoms with Crippen LogP contribution in [-0.4, -0.2) is 9.55 Å². The molecule has 1 heterocycles. The maximum atomic E-state index is 6.10. The summed E-state index contributed by atoms with van der Waals surface area (Å²) in [6.45, 7) is 3.16. The van der Waals surface area contributed by atoms with Crippen molar-refractivity contribution in [2.75, 3.05) is 5.73 Å². The van der Waals surface area contributed by atoms with Crippen LogP contribution in [0.4, 0.5) is 5.95 Å². The maximum absolute atomic E-state index is 6.10. The minimum absolute atomic E-state index is 0.419. The standard InChI is InChI=1S/C14H17Cl2N3/c1-2-3-14(4-5-14)8-19-12-7-10(16)9(15)6-11(12)18-13(19)17/h6-7H,2-5,8H2,1H3,(H2,17,18). The van der Waals surface area contributed by atoms with Gasteiger partial charge in [-0.3, -0.25) is 0 Å². The Balaban J connectivity index is 2.03. The van der Waals surface area contributed by atoms with Crippen LogP contribution in [0, 0.1) is 5.41 Å². The Bertz CT molecular complexity index is 629. The Morgan fingerprint density at radius 1 is 1.32 bits per heavy atom. The Morgan fingerprint density at radius 2 is 2.00 bits per heavy atom. The van der Waals surface area contributed by atoms with E-state index in [1.54, 1.807) is 6.07 Å². The highest BCUT2D eigenvalue weighted by Crippen LogP contribution is 2.51. The van der Waals surface area contributed by atoms with E-state index < -0.39 is 0 Å². The number of anilines is 1. The smallest absolute Gasteiger partial charge is 0.201 e. The largest absolute Gasteiger partial charge is 0.369 e. The highest BCUT2D eigenvalue weighted by molar-refractivity contribution is 6.42. The summed E-state index contributed by atoms with van der Waals surface area (Å²) in [4.78, 5) is 4.38. The molecule has 19 heavy (non-hydrogen) atoms. The molecular formula is C14H17Cl2N3. The number of nitrogen functional groups attached to an aromatic ring is 1. The number of nitrogens with two attached hydrogens (primary N) is 1. The first-order valence-corrected chi connectivity index (χ1v) is 7.41. The van der Waals surface area contributed by atoms with Gasteiger partial charge in [0, 0.05) is 6.54 Å². The normalized spacial score (nSPS) is 17.0. The van der Waals surface area contributed by atoms with Gasteiger partial charge in [0.05, 0.1) is 21.1 Å². The Morgan fingerprint density at radius 3 is 2.63 bits per heavy atom. The monoisotopic (exact) mass is 297 g/mol. The Labute approximate surface area is 122 Å². The molecule has 0 spiro atoms. The minimum atomic E-state index is 0.419. The molecular weight excluding hydrogens is 281 g/mol. The fourth-order valence-corrected chi connectivity index (χ4v) is 3.15. The van der Waals surface area contributed by atoms with E-state index in [4.69, 9.17) is 28.9 Å². The third-order valence-corrected chi connectivity index (χ3v) is 4.77. The van der Waals surface area contributed by atoms with E-state index in [0.717, 1.165) is 17.6 Å². The van der Waals surface area contributed by atoms with Gasteiger partial charge in [-0.2, -0.15) is 0 Å². The first-order chi connectivity index (χ1) is 9.04. The molecule has 0 saturated heterocycles. The molecule has 102 valence electrons. The molecule has 1 fully saturated rings. The maximum Gasteiger partial charge on any atom is 0.201 e. The van der Waals surface area contributed by atoms with Gasteiger partial charge in [-0.25, -0.2) is 4.98 Å². The summed E-state index contributed by atoms with van der Waals surface area (Å²) < 4.78 is 2.08. The molecule has 0 radical (unpaired) electrons. The van der Waals surface area contributed by atoms with Crippen molar-refractivity contribution in [2.45, 2.75) is 39.2 Å². The van der Waals surface area contributed by atoms with Gasteiger partial charge in [0.15, 0.2) is 0 Å². The first-order valence-electron chi connectivity index (χ1n) is 6.65. The minimum Gasteiger partial charge on any atom is -0.369 e. The zero-order valence-corrected chi connectivity index (χ0v) is 12.4.